The summed E-state index contributed by atoms with van der Waals surface area (Å²) in [7, 11) is 2.97. The lowest BCUT2D eigenvalue weighted by Crippen LogP contribution is -2.43. The summed E-state index contributed by atoms with van der Waals surface area (Å²) in [5, 5.41) is 6.79. The minimum Gasteiger partial charge on any atom is -0.497 e. The molecule has 1 aliphatic carbocycles. The predicted octanol–water partition coefficient (Wildman–Crippen LogP) is 6.23. The van der Waals surface area contributed by atoms with Gasteiger partial charge < -0.3 is 29.4 Å². The number of hydrogen-bond donors (Lipinski definition) is 2. The molecule has 0 radical (unpaired) electrons. The van der Waals surface area contributed by atoms with Crippen LogP contribution in [-0.4, -0.2) is 49.2 Å². The van der Waals surface area contributed by atoms with Gasteiger partial charge in [-0.1, -0.05) is 37.5 Å². The number of carbonyl (C=O) groups excluding carboxylic acids is 3. The van der Waals surface area contributed by atoms with Crippen LogP contribution in [0.2, 0.25) is 0 Å². The molecule has 0 bridgehead atoms. The summed E-state index contributed by atoms with van der Waals surface area (Å²) < 4.78 is 19.0. The normalized spacial score (nSPS) is 15.2. The summed E-state index contributed by atoms with van der Waals surface area (Å²) in [4.78, 5) is 37.8. The Labute approximate surface area is 262 Å². The van der Waals surface area contributed by atoms with Crippen LogP contribution in [0.25, 0.3) is 22.2 Å². The maximum Gasteiger partial charge on any atom is 0.328 e. The molecule has 0 saturated heterocycles. The SMILES string of the molecule is COC(=O)[C@H](Cc1ccc(NC(C)=O)cc1)NC(=O)c1ccc2c(C3CCCCC3)c3n(c2c1)CCOc1cc(OC)ccc1-3. The third-order valence-corrected chi connectivity index (χ3v) is 8.90. The van der Waals surface area contributed by atoms with Crippen LogP contribution < -0.4 is 20.1 Å². The molecule has 2 aliphatic rings. The van der Waals surface area contributed by atoms with Gasteiger partial charge in [0.1, 0.15) is 24.1 Å². The summed E-state index contributed by atoms with van der Waals surface area (Å²) in [6, 6.07) is 18.1. The van der Waals surface area contributed by atoms with E-state index >= 15 is 0 Å². The van der Waals surface area contributed by atoms with Crippen molar-refractivity contribution >= 4 is 34.4 Å². The zero-order chi connectivity index (χ0) is 31.5. The van der Waals surface area contributed by atoms with Crippen molar-refractivity contribution in [2.75, 3.05) is 26.1 Å². The highest BCUT2D eigenvalue weighted by atomic mass is 16.5. The van der Waals surface area contributed by atoms with Gasteiger partial charge >= 0.3 is 5.97 Å². The topological polar surface area (TPSA) is 108 Å². The Kier molecular flexibility index (Phi) is 8.78. The third kappa shape index (κ3) is 6.25. The van der Waals surface area contributed by atoms with E-state index in [2.05, 4.69) is 27.3 Å². The average molecular weight is 610 g/mol. The largest absolute Gasteiger partial charge is 0.497 e. The van der Waals surface area contributed by atoms with E-state index in [1.807, 2.05) is 36.4 Å². The van der Waals surface area contributed by atoms with E-state index in [1.54, 1.807) is 19.2 Å². The van der Waals surface area contributed by atoms with Crippen molar-refractivity contribution in [2.24, 2.45) is 0 Å². The zero-order valence-electron chi connectivity index (χ0n) is 26.0. The second-order valence-electron chi connectivity index (χ2n) is 11.8. The average Bonchev–Trinajstić information content (AvgIpc) is 3.25. The number of rotatable bonds is 8. The third-order valence-electron chi connectivity index (χ3n) is 8.90. The second kappa shape index (κ2) is 13.1. The number of aromatic nitrogens is 1. The van der Waals surface area contributed by atoms with Gasteiger partial charge in [0.15, 0.2) is 0 Å². The first-order valence-corrected chi connectivity index (χ1v) is 15.6. The van der Waals surface area contributed by atoms with E-state index in [0.717, 1.165) is 52.1 Å². The number of carbonyl (C=O) groups is 3. The minimum absolute atomic E-state index is 0.165. The predicted molar refractivity (Wildman–Crippen MR) is 173 cm³/mol. The van der Waals surface area contributed by atoms with Gasteiger partial charge in [0, 0.05) is 47.1 Å². The standard InChI is InChI=1S/C36H39N3O6/c1-22(40)37-26-12-9-23(10-13-26)19-30(36(42)44-3)38-35(41)25-11-15-28-31(20-25)39-17-18-45-32-21-27(43-2)14-16-29(32)34(39)33(28)24-7-5-4-6-8-24/h9-16,20-21,24,30H,4-8,17-19H2,1-3H3,(H,37,40)(H,38,41)/t30-/m0/s1. The van der Waals surface area contributed by atoms with E-state index in [9.17, 15) is 14.4 Å². The van der Waals surface area contributed by atoms with Crippen molar-refractivity contribution in [2.45, 2.75) is 64.0 Å². The van der Waals surface area contributed by atoms with E-state index in [4.69, 9.17) is 14.2 Å². The molecule has 1 atom stereocenters. The fourth-order valence-electron chi connectivity index (χ4n) is 6.78. The number of anilines is 1. The summed E-state index contributed by atoms with van der Waals surface area (Å²) in [5.74, 6) is 0.924. The van der Waals surface area contributed by atoms with Crippen molar-refractivity contribution in [1.29, 1.82) is 0 Å². The molecule has 234 valence electrons. The van der Waals surface area contributed by atoms with Crippen LogP contribution in [0.1, 0.15) is 66.4 Å². The maximum absolute atomic E-state index is 13.7. The molecular formula is C36H39N3O6. The highest BCUT2D eigenvalue weighted by Gasteiger charge is 2.30. The number of amides is 2. The second-order valence-corrected chi connectivity index (χ2v) is 11.8. The highest BCUT2D eigenvalue weighted by molar-refractivity contribution is 6.02. The smallest absolute Gasteiger partial charge is 0.328 e. The van der Waals surface area contributed by atoms with Crippen molar-refractivity contribution < 1.29 is 28.6 Å². The van der Waals surface area contributed by atoms with Gasteiger partial charge in [0.05, 0.1) is 26.5 Å². The summed E-state index contributed by atoms with van der Waals surface area (Å²) >= 11 is 0. The van der Waals surface area contributed by atoms with Crippen LogP contribution in [0, 0.1) is 0 Å². The van der Waals surface area contributed by atoms with Crippen LogP contribution in [0.15, 0.2) is 60.7 Å². The fraction of sp³-hybridized carbons (Fsp3) is 0.361. The molecule has 2 amide bonds. The Bertz CT molecular complexity index is 1740. The number of esters is 1. The number of ether oxygens (including phenoxy) is 3. The van der Waals surface area contributed by atoms with Crippen molar-refractivity contribution in [3.63, 3.8) is 0 Å². The number of nitrogens with zero attached hydrogens (tertiary/aromatic N) is 1. The molecule has 1 aromatic heterocycles. The van der Waals surface area contributed by atoms with Gasteiger partial charge in [-0.3, -0.25) is 9.59 Å². The number of benzene rings is 3. The number of hydrogen-bond acceptors (Lipinski definition) is 6. The van der Waals surface area contributed by atoms with E-state index < -0.39 is 12.0 Å². The van der Waals surface area contributed by atoms with Gasteiger partial charge in [0.2, 0.25) is 5.91 Å². The number of methoxy groups -OCH3 is 2. The Morgan fingerprint density at radius 3 is 2.47 bits per heavy atom. The molecule has 2 N–H and O–H groups in total. The van der Waals surface area contributed by atoms with Crippen molar-refractivity contribution in [3.8, 4) is 22.8 Å². The van der Waals surface area contributed by atoms with Gasteiger partial charge in [-0.25, -0.2) is 4.79 Å². The van der Waals surface area contributed by atoms with Crippen LogP contribution in [0.3, 0.4) is 0 Å². The van der Waals surface area contributed by atoms with Crippen LogP contribution in [-0.2, 0) is 27.3 Å². The Hall–Kier alpha value is -4.79. The Balaban J connectivity index is 1.35. The molecule has 6 rings (SSSR count). The van der Waals surface area contributed by atoms with Gasteiger partial charge in [0.25, 0.3) is 5.91 Å². The lowest BCUT2D eigenvalue weighted by Gasteiger charge is -2.23. The highest BCUT2D eigenvalue weighted by Crippen LogP contribution is 2.47. The molecule has 2 heterocycles. The molecule has 0 spiro atoms. The fourth-order valence-corrected chi connectivity index (χ4v) is 6.78. The first kappa shape index (κ1) is 30.2. The molecule has 9 heteroatoms. The van der Waals surface area contributed by atoms with Gasteiger partial charge in [-0.2, -0.15) is 0 Å². The maximum atomic E-state index is 13.7. The molecule has 1 aliphatic heterocycles. The molecule has 4 aromatic rings. The number of nitrogens with one attached hydrogen (secondary N) is 2. The number of fused-ring (bicyclic) bond motifs is 5. The van der Waals surface area contributed by atoms with E-state index in [-0.39, 0.29) is 18.2 Å². The molecule has 1 saturated carbocycles. The van der Waals surface area contributed by atoms with Crippen molar-refractivity contribution in [1.82, 2.24) is 9.88 Å². The monoisotopic (exact) mass is 609 g/mol. The Morgan fingerprint density at radius 1 is 0.978 bits per heavy atom. The zero-order valence-corrected chi connectivity index (χ0v) is 26.0. The quantitative estimate of drug-likeness (QED) is 0.229. The summed E-state index contributed by atoms with van der Waals surface area (Å²) in [5.41, 5.74) is 6.43. The van der Waals surface area contributed by atoms with E-state index in [0.29, 0.717) is 30.3 Å². The van der Waals surface area contributed by atoms with Gasteiger partial charge in [-0.15, -0.1) is 0 Å². The van der Waals surface area contributed by atoms with Crippen LogP contribution in [0.5, 0.6) is 11.5 Å². The first-order chi connectivity index (χ1) is 21.9. The lowest BCUT2D eigenvalue weighted by atomic mass is 9.81. The summed E-state index contributed by atoms with van der Waals surface area (Å²) in [6.07, 6.45) is 6.17. The minimum atomic E-state index is -0.887. The van der Waals surface area contributed by atoms with Crippen LogP contribution >= 0.6 is 0 Å². The molecule has 45 heavy (non-hydrogen) atoms. The van der Waals surface area contributed by atoms with E-state index in [1.165, 1.54) is 38.9 Å². The summed E-state index contributed by atoms with van der Waals surface area (Å²) in [6.45, 7) is 2.57. The molecule has 3 aromatic carbocycles. The van der Waals surface area contributed by atoms with Gasteiger partial charge in [-0.05, 0) is 66.3 Å². The molecule has 1 fully saturated rings. The van der Waals surface area contributed by atoms with Crippen LogP contribution in [0.4, 0.5) is 5.69 Å². The Morgan fingerprint density at radius 2 is 1.76 bits per heavy atom. The molecule has 0 unspecified atom stereocenters. The first-order valence-electron chi connectivity index (χ1n) is 15.6. The lowest BCUT2D eigenvalue weighted by molar-refractivity contribution is -0.142. The molecular weight excluding hydrogens is 570 g/mol. The van der Waals surface area contributed by atoms with Crippen molar-refractivity contribution in [3.05, 3.63) is 77.4 Å². The molecule has 9 nitrogen and oxygen atoms in total.